The molecule has 0 N–H and O–H groups in total. The molecular formula is C24H25Cl2N3V. The Balaban J connectivity index is 0.00000280. The third kappa shape index (κ3) is 7.73. The average Bonchev–Trinajstić information content (AvgIpc) is 2.65. The van der Waals surface area contributed by atoms with Gasteiger partial charge in [-0.1, -0.05) is 35.4 Å². The minimum Gasteiger partial charge on any atom is -1.00 e. The third-order valence-corrected chi connectivity index (χ3v) is 4.37. The van der Waals surface area contributed by atoms with E-state index in [2.05, 4.69) is 57.2 Å². The Hall–Kier alpha value is -1.91. The van der Waals surface area contributed by atoms with E-state index in [9.17, 15) is 0 Å². The summed E-state index contributed by atoms with van der Waals surface area (Å²) in [5.41, 5.74) is 9.02. The van der Waals surface area contributed by atoms with Crippen LogP contribution in [0.15, 0.2) is 70.6 Å². The molecule has 3 nitrogen and oxygen atoms in total. The van der Waals surface area contributed by atoms with Crippen LogP contribution >= 0.6 is 0 Å². The number of hydrogen-bond acceptors (Lipinski definition) is 3. The average molecular weight is 477 g/mol. The summed E-state index contributed by atoms with van der Waals surface area (Å²) in [6.07, 6.45) is 0. The molecule has 0 unspecified atom stereocenters. The Labute approximate surface area is 203 Å². The van der Waals surface area contributed by atoms with Gasteiger partial charge in [-0.15, -0.1) is 0 Å². The molecule has 0 atom stereocenters. The second-order valence-corrected chi connectivity index (χ2v) is 6.98. The van der Waals surface area contributed by atoms with Gasteiger partial charge in [-0.2, -0.15) is 0 Å². The number of hydrogen-bond donors (Lipinski definition) is 0. The summed E-state index contributed by atoms with van der Waals surface area (Å²) in [6.45, 7) is 10.2. The van der Waals surface area contributed by atoms with Crippen LogP contribution in [0.2, 0.25) is 0 Å². The molecule has 1 radical (unpaired) electrons. The predicted octanol–water partition coefficient (Wildman–Crippen LogP) is 0.294. The number of nitrogens with zero attached hydrogens (tertiary/aromatic N) is 3. The maximum Gasteiger partial charge on any atom is 2.00 e. The molecule has 30 heavy (non-hydrogen) atoms. The molecule has 155 valence electrons. The zero-order valence-corrected chi connectivity index (χ0v) is 20.7. The number of aliphatic imine (C=N–C) groups is 2. The van der Waals surface area contributed by atoms with Gasteiger partial charge in [0.25, 0.3) is 0 Å². The molecule has 0 amide bonds. The Kier molecular flexibility index (Phi) is 11.9. The standard InChI is InChI=1S/C24H25N3.2ClH.V/c1-16-6-10-21(11-7-16)25-19(4)23-14-18(3)15-24(27-23)20(5)26-22-12-8-17(2)9-13-22;;;/h6-15H,1-5H3;2*1H;/q;;;+2/p-2. The van der Waals surface area contributed by atoms with Crippen molar-refractivity contribution in [2.75, 3.05) is 0 Å². The summed E-state index contributed by atoms with van der Waals surface area (Å²) in [6, 6.07) is 20.5. The molecule has 0 bridgehead atoms. The van der Waals surface area contributed by atoms with Gasteiger partial charge in [-0.3, -0.25) is 9.98 Å². The van der Waals surface area contributed by atoms with Gasteiger partial charge in [0.2, 0.25) is 0 Å². The Morgan fingerprint density at radius 2 is 0.933 bits per heavy atom. The van der Waals surface area contributed by atoms with Crippen molar-refractivity contribution >= 4 is 22.8 Å². The molecule has 0 aliphatic carbocycles. The fourth-order valence-corrected chi connectivity index (χ4v) is 2.78. The van der Waals surface area contributed by atoms with E-state index in [4.69, 9.17) is 15.0 Å². The summed E-state index contributed by atoms with van der Waals surface area (Å²) in [7, 11) is 0. The number of aromatic nitrogens is 1. The zero-order chi connectivity index (χ0) is 19.4. The molecule has 0 aliphatic heterocycles. The number of pyridine rings is 1. The topological polar surface area (TPSA) is 37.6 Å². The summed E-state index contributed by atoms with van der Waals surface area (Å²) >= 11 is 0. The van der Waals surface area contributed by atoms with Crippen molar-refractivity contribution in [3.05, 3.63) is 88.7 Å². The van der Waals surface area contributed by atoms with Crippen LogP contribution in [-0.2, 0) is 18.6 Å². The van der Waals surface area contributed by atoms with Gasteiger partial charge in [-0.25, -0.2) is 4.98 Å². The molecule has 1 heterocycles. The fourth-order valence-electron chi connectivity index (χ4n) is 2.78. The molecule has 3 aromatic rings. The quantitative estimate of drug-likeness (QED) is 0.499. The predicted molar refractivity (Wildman–Crippen MR) is 115 cm³/mol. The van der Waals surface area contributed by atoms with Crippen molar-refractivity contribution < 1.29 is 43.4 Å². The number of rotatable bonds is 4. The van der Waals surface area contributed by atoms with Gasteiger partial charge in [0.05, 0.1) is 34.2 Å². The number of aryl methyl sites for hydroxylation is 3. The molecule has 3 rings (SSSR count). The van der Waals surface area contributed by atoms with Crippen LogP contribution in [0.4, 0.5) is 11.4 Å². The van der Waals surface area contributed by atoms with E-state index < -0.39 is 0 Å². The van der Waals surface area contributed by atoms with E-state index in [0.717, 1.165) is 39.7 Å². The molecule has 0 fully saturated rings. The van der Waals surface area contributed by atoms with E-state index in [-0.39, 0.29) is 43.4 Å². The van der Waals surface area contributed by atoms with Crippen molar-refractivity contribution in [1.29, 1.82) is 0 Å². The smallest absolute Gasteiger partial charge is 1.00 e. The van der Waals surface area contributed by atoms with Crippen LogP contribution in [0.3, 0.4) is 0 Å². The van der Waals surface area contributed by atoms with Crippen molar-refractivity contribution in [2.24, 2.45) is 9.98 Å². The van der Waals surface area contributed by atoms with Crippen LogP contribution < -0.4 is 24.8 Å². The van der Waals surface area contributed by atoms with E-state index >= 15 is 0 Å². The van der Waals surface area contributed by atoms with Gasteiger partial charge in [0.1, 0.15) is 0 Å². The Morgan fingerprint density at radius 1 is 0.600 bits per heavy atom. The van der Waals surface area contributed by atoms with Gasteiger partial charge >= 0.3 is 18.6 Å². The molecule has 6 heteroatoms. The zero-order valence-electron chi connectivity index (χ0n) is 17.8. The SMILES string of the molecule is CC(=Nc1ccc(C)cc1)c1cc(C)cc(C(C)=Nc2ccc(C)cc2)n1.[Cl-].[Cl-].[V+2]. The normalized spacial score (nSPS) is 11.1. The largest absolute Gasteiger partial charge is 2.00 e. The van der Waals surface area contributed by atoms with E-state index in [1.165, 1.54) is 11.1 Å². The molecule has 0 aliphatic rings. The van der Waals surface area contributed by atoms with Gasteiger partial charge in [0, 0.05) is 0 Å². The van der Waals surface area contributed by atoms with Crippen LogP contribution in [0.25, 0.3) is 0 Å². The minimum atomic E-state index is 0. The monoisotopic (exact) mass is 476 g/mol. The summed E-state index contributed by atoms with van der Waals surface area (Å²) in [5, 5.41) is 0. The summed E-state index contributed by atoms with van der Waals surface area (Å²) in [5.74, 6) is 0. The first kappa shape index (κ1) is 28.1. The molecule has 0 spiro atoms. The van der Waals surface area contributed by atoms with Gasteiger partial charge < -0.3 is 24.8 Å². The van der Waals surface area contributed by atoms with Gasteiger partial charge in [-0.05, 0) is 76.6 Å². The summed E-state index contributed by atoms with van der Waals surface area (Å²) < 4.78 is 0. The van der Waals surface area contributed by atoms with E-state index in [1.807, 2.05) is 38.1 Å². The van der Waals surface area contributed by atoms with Crippen molar-refractivity contribution in [3.63, 3.8) is 0 Å². The van der Waals surface area contributed by atoms with Crippen LogP contribution in [0.1, 0.15) is 41.9 Å². The number of benzene rings is 2. The molecule has 2 aromatic carbocycles. The minimum absolute atomic E-state index is 0. The van der Waals surface area contributed by atoms with Crippen molar-refractivity contribution in [2.45, 2.75) is 34.6 Å². The maximum atomic E-state index is 4.80. The number of halogens is 2. The Morgan fingerprint density at radius 3 is 1.27 bits per heavy atom. The molecule has 1 aromatic heterocycles. The summed E-state index contributed by atoms with van der Waals surface area (Å²) in [4.78, 5) is 14.2. The first-order chi connectivity index (χ1) is 12.9. The van der Waals surface area contributed by atoms with Crippen molar-refractivity contribution in [3.8, 4) is 0 Å². The van der Waals surface area contributed by atoms with E-state index in [0.29, 0.717) is 0 Å². The van der Waals surface area contributed by atoms with Crippen LogP contribution in [-0.4, -0.2) is 16.4 Å². The Bertz CT molecular complexity index is 932. The maximum absolute atomic E-state index is 4.80. The van der Waals surface area contributed by atoms with Crippen LogP contribution in [0, 0.1) is 20.8 Å². The fraction of sp³-hybridized carbons (Fsp3) is 0.208. The molecule has 0 saturated carbocycles. The van der Waals surface area contributed by atoms with Gasteiger partial charge in [0.15, 0.2) is 0 Å². The van der Waals surface area contributed by atoms with Crippen LogP contribution in [0.5, 0.6) is 0 Å². The second kappa shape index (κ2) is 12.7. The van der Waals surface area contributed by atoms with E-state index in [1.54, 1.807) is 0 Å². The first-order valence-electron chi connectivity index (χ1n) is 9.14. The second-order valence-electron chi connectivity index (χ2n) is 6.98. The molecule has 0 saturated heterocycles. The first-order valence-corrected chi connectivity index (χ1v) is 9.14. The third-order valence-electron chi connectivity index (χ3n) is 4.37. The van der Waals surface area contributed by atoms with Crippen molar-refractivity contribution in [1.82, 2.24) is 4.98 Å². The molecular weight excluding hydrogens is 452 g/mol.